The summed E-state index contributed by atoms with van der Waals surface area (Å²) in [6.07, 6.45) is 3.35. The number of hydrogen-bond acceptors (Lipinski definition) is 5. The van der Waals surface area contributed by atoms with E-state index in [0.717, 1.165) is 26.3 Å². The molecule has 2 rings (SSSR count). The maximum atomic E-state index is 9.12. The van der Waals surface area contributed by atoms with Crippen LogP contribution in [0.25, 0.3) is 0 Å². The molecule has 1 aromatic rings. The SMILES string of the molecule is N#CC(CN1CCOCC1)c1ncccn1. The van der Waals surface area contributed by atoms with Crippen molar-refractivity contribution in [3.05, 3.63) is 24.3 Å². The fraction of sp³-hybridized carbons (Fsp3) is 0.545. The largest absolute Gasteiger partial charge is 0.379 e. The molecule has 0 bridgehead atoms. The molecule has 1 unspecified atom stereocenters. The van der Waals surface area contributed by atoms with Gasteiger partial charge in [0, 0.05) is 32.0 Å². The van der Waals surface area contributed by atoms with E-state index in [-0.39, 0.29) is 5.92 Å². The molecule has 0 amide bonds. The highest BCUT2D eigenvalue weighted by atomic mass is 16.5. The zero-order valence-electron chi connectivity index (χ0n) is 9.04. The lowest BCUT2D eigenvalue weighted by Gasteiger charge is -2.27. The Hall–Kier alpha value is -1.51. The summed E-state index contributed by atoms with van der Waals surface area (Å²) in [5.74, 6) is 0.357. The first-order valence-electron chi connectivity index (χ1n) is 5.37. The van der Waals surface area contributed by atoms with Gasteiger partial charge in [0.2, 0.25) is 0 Å². The summed E-state index contributed by atoms with van der Waals surface area (Å²) in [6.45, 7) is 3.93. The van der Waals surface area contributed by atoms with Crippen molar-refractivity contribution < 1.29 is 4.74 Å². The lowest BCUT2D eigenvalue weighted by atomic mass is 10.1. The van der Waals surface area contributed by atoms with Crippen LogP contribution < -0.4 is 0 Å². The molecule has 0 spiro atoms. The summed E-state index contributed by atoms with van der Waals surface area (Å²) < 4.78 is 5.26. The Kier molecular flexibility index (Phi) is 3.81. The van der Waals surface area contributed by atoms with E-state index in [9.17, 15) is 0 Å². The monoisotopic (exact) mass is 218 g/mol. The minimum Gasteiger partial charge on any atom is -0.379 e. The van der Waals surface area contributed by atoms with Gasteiger partial charge in [-0.05, 0) is 6.07 Å². The second-order valence-corrected chi connectivity index (χ2v) is 3.70. The van der Waals surface area contributed by atoms with Crippen molar-refractivity contribution in [2.45, 2.75) is 5.92 Å². The molecule has 0 aliphatic carbocycles. The molecular weight excluding hydrogens is 204 g/mol. The van der Waals surface area contributed by atoms with Gasteiger partial charge in [-0.3, -0.25) is 4.90 Å². The van der Waals surface area contributed by atoms with E-state index in [2.05, 4.69) is 20.9 Å². The van der Waals surface area contributed by atoms with Crippen LogP contribution in [0.5, 0.6) is 0 Å². The number of hydrogen-bond donors (Lipinski definition) is 0. The Morgan fingerprint density at radius 3 is 2.69 bits per heavy atom. The van der Waals surface area contributed by atoms with Crippen LogP contribution in [0.2, 0.25) is 0 Å². The van der Waals surface area contributed by atoms with E-state index >= 15 is 0 Å². The summed E-state index contributed by atoms with van der Waals surface area (Å²) in [5, 5.41) is 9.12. The van der Waals surface area contributed by atoms with Gasteiger partial charge in [0.1, 0.15) is 11.7 Å². The molecular formula is C11H14N4O. The molecule has 0 aromatic carbocycles. The maximum Gasteiger partial charge on any atom is 0.146 e. The van der Waals surface area contributed by atoms with Crippen LogP contribution in [0.3, 0.4) is 0 Å². The Balaban J connectivity index is 1.98. The van der Waals surface area contributed by atoms with E-state index in [1.165, 1.54) is 0 Å². The molecule has 1 aromatic heterocycles. The lowest BCUT2D eigenvalue weighted by Crippen LogP contribution is -2.38. The summed E-state index contributed by atoms with van der Waals surface area (Å²) in [5.41, 5.74) is 0. The first-order chi connectivity index (χ1) is 7.90. The zero-order chi connectivity index (χ0) is 11.2. The van der Waals surface area contributed by atoms with Crippen molar-refractivity contribution in [1.82, 2.24) is 14.9 Å². The number of morpholine rings is 1. The molecule has 0 radical (unpaired) electrons. The predicted molar refractivity (Wildman–Crippen MR) is 57.6 cm³/mol. The van der Waals surface area contributed by atoms with Gasteiger partial charge in [0.15, 0.2) is 0 Å². The van der Waals surface area contributed by atoms with Gasteiger partial charge in [0.25, 0.3) is 0 Å². The Morgan fingerprint density at radius 1 is 1.38 bits per heavy atom. The number of nitriles is 1. The third-order valence-corrected chi connectivity index (χ3v) is 2.60. The highest BCUT2D eigenvalue weighted by Crippen LogP contribution is 2.12. The topological polar surface area (TPSA) is 62.0 Å². The summed E-state index contributed by atoms with van der Waals surface area (Å²) in [4.78, 5) is 10.5. The van der Waals surface area contributed by atoms with Crippen molar-refractivity contribution in [1.29, 1.82) is 5.26 Å². The standard InChI is InChI=1S/C11H14N4O/c12-8-10(11-13-2-1-3-14-11)9-15-4-6-16-7-5-15/h1-3,10H,4-7,9H2. The van der Waals surface area contributed by atoms with Crippen molar-refractivity contribution in [3.63, 3.8) is 0 Å². The average molecular weight is 218 g/mol. The molecule has 1 aliphatic rings. The van der Waals surface area contributed by atoms with Gasteiger partial charge in [-0.15, -0.1) is 0 Å². The number of rotatable bonds is 3. The molecule has 1 atom stereocenters. The molecule has 16 heavy (non-hydrogen) atoms. The Bertz CT molecular complexity index is 356. The molecule has 5 nitrogen and oxygen atoms in total. The fourth-order valence-electron chi connectivity index (χ4n) is 1.71. The molecule has 0 saturated carbocycles. The Labute approximate surface area is 94.7 Å². The number of nitrogens with zero attached hydrogens (tertiary/aromatic N) is 4. The molecule has 2 heterocycles. The minimum atomic E-state index is -0.251. The van der Waals surface area contributed by atoms with Crippen LogP contribution in [0.4, 0.5) is 0 Å². The van der Waals surface area contributed by atoms with Gasteiger partial charge in [-0.2, -0.15) is 5.26 Å². The zero-order valence-corrected chi connectivity index (χ0v) is 9.04. The average Bonchev–Trinajstić information content (AvgIpc) is 2.38. The molecule has 0 N–H and O–H groups in total. The van der Waals surface area contributed by atoms with E-state index in [0.29, 0.717) is 12.4 Å². The third-order valence-electron chi connectivity index (χ3n) is 2.60. The first-order valence-corrected chi connectivity index (χ1v) is 5.37. The van der Waals surface area contributed by atoms with Crippen molar-refractivity contribution in [2.75, 3.05) is 32.8 Å². The second kappa shape index (κ2) is 5.54. The maximum absolute atomic E-state index is 9.12. The van der Waals surface area contributed by atoms with Gasteiger partial charge >= 0.3 is 0 Å². The van der Waals surface area contributed by atoms with Crippen molar-refractivity contribution in [3.8, 4) is 6.07 Å². The Morgan fingerprint density at radius 2 is 2.06 bits per heavy atom. The normalized spacial score (nSPS) is 18.9. The van der Waals surface area contributed by atoms with Crippen LogP contribution in [-0.4, -0.2) is 47.7 Å². The summed E-state index contributed by atoms with van der Waals surface area (Å²) in [6, 6.07) is 4.01. The van der Waals surface area contributed by atoms with Gasteiger partial charge in [-0.25, -0.2) is 9.97 Å². The first kappa shape index (κ1) is 11.0. The molecule has 1 saturated heterocycles. The summed E-state index contributed by atoms with van der Waals surface area (Å²) >= 11 is 0. The molecule has 84 valence electrons. The number of ether oxygens (including phenoxy) is 1. The quantitative estimate of drug-likeness (QED) is 0.735. The predicted octanol–water partition coefficient (Wildman–Crippen LogP) is 0.416. The molecule has 1 aliphatic heterocycles. The second-order valence-electron chi connectivity index (χ2n) is 3.70. The van der Waals surface area contributed by atoms with Crippen LogP contribution in [0.1, 0.15) is 11.7 Å². The van der Waals surface area contributed by atoms with Gasteiger partial charge in [-0.1, -0.05) is 0 Å². The van der Waals surface area contributed by atoms with Gasteiger partial charge in [0.05, 0.1) is 19.3 Å². The minimum absolute atomic E-state index is 0.251. The van der Waals surface area contributed by atoms with Crippen LogP contribution in [-0.2, 0) is 4.74 Å². The van der Waals surface area contributed by atoms with E-state index in [4.69, 9.17) is 10.00 Å². The van der Waals surface area contributed by atoms with E-state index in [1.807, 2.05) is 0 Å². The van der Waals surface area contributed by atoms with Crippen molar-refractivity contribution >= 4 is 0 Å². The highest BCUT2D eigenvalue weighted by molar-refractivity contribution is 5.09. The van der Waals surface area contributed by atoms with Gasteiger partial charge < -0.3 is 4.74 Å². The van der Waals surface area contributed by atoms with Crippen molar-refractivity contribution in [2.24, 2.45) is 0 Å². The van der Waals surface area contributed by atoms with E-state index in [1.54, 1.807) is 18.5 Å². The molecule has 5 heteroatoms. The van der Waals surface area contributed by atoms with Crippen LogP contribution >= 0.6 is 0 Å². The summed E-state index contributed by atoms with van der Waals surface area (Å²) in [7, 11) is 0. The fourth-order valence-corrected chi connectivity index (χ4v) is 1.71. The lowest BCUT2D eigenvalue weighted by molar-refractivity contribution is 0.0367. The third kappa shape index (κ3) is 2.75. The van der Waals surface area contributed by atoms with Crippen LogP contribution in [0.15, 0.2) is 18.5 Å². The smallest absolute Gasteiger partial charge is 0.146 e. The van der Waals surface area contributed by atoms with Crippen LogP contribution in [0, 0.1) is 11.3 Å². The number of aromatic nitrogens is 2. The molecule has 1 fully saturated rings. The highest BCUT2D eigenvalue weighted by Gasteiger charge is 2.19. The van der Waals surface area contributed by atoms with E-state index < -0.39 is 0 Å².